The van der Waals surface area contributed by atoms with Crippen LogP contribution in [0.15, 0.2) is 23.3 Å². The van der Waals surface area contributed by atoms with Gasteiger partial charge in [-0.15, -0.1) is 0 Å². The molecule has 1 aromatic carbocycles. The Kier molecular flexibility index (Phi) is 3.64. The summed E-state index contributed by atoms with van der Waals surface area (Å²) in [6, 6.07) is 5.58. The molecule has 0 saturated carbocycles. The van der Waals surface area contributed by atoms with E-state index in [9.17, 15) is 4.79 Å². The highest BCUT2D eigenvalue weighted by Gasteiger charge is 2.15. The van der Waals surface area contributed by atoms with Crippen molar-refractivity contribution in [3.63, 3.8) is 0 Å². The molecule has 0 aliphatic carbocycles. The number of nitrogens with zero attached hydrogens (tertiary/aromatic N) is 1. The number of amides is 1. The predicted octanol–water partition coefficient (Wildman–Crippen LogP) is 2.33. The molecule has 1 saturated heterocycles. The summed E-state index contributed by atoms with van der Waals surface area (Å²) in [4.78, 5) is 11.4. The van der Waals surface area contributed by atoms with Gasteiger partial charge in [0.1, 0.15) is 5.71 Å². The van der Waals surface area contributed by atoms with Gasteiger partial charge in [-0.05, 0) is 37.5 Å². The molecule has 90 valence electrons. The average molecular weight is 252 g/mol. The normalized spacial score (nSPS) is 18.0. The molecule has 1 aliphatic rings. The van der Waals surface area contributed by atoms with E-state index in [2.05, 4.69) is 15.8 Å². The van der Waals surface area contributed by atoms with Crippen molar-refractivity contribution in [1.82, 2.24) is 5.32 Å². The summed E-state index contributed by atoms with van der Waals surface area (Å²) >= 11 is 6.00. The first kappa shape index (κ1) is 11.9. The lowest BCUT2D eigenvalue weighted by molar-refractivity contribution is -0.115. The van der Waals surface area contributed by atoms with Crippen molar-refractivity contribution >= 4 is 28.9 Å². The van der Waals surface area contributed by atoms with Crippen molar-refractivity contribution in [2.24, 2.45) is 5.10 Å². The van der Waals surface area contributed by atoms with Gasteiger partial charge >= 0.3 is 0 Å². The second-order valence-corrected chi connectivity index (χ2v) is 4.40. The Morgan fingerprint density at radius 1 is 1.47 bits per heavy atom. The van der Waals surface area contributed by atoms with Gasteiger partial charge in [-0.25, -0.2) is 0 Å². The molecule has 1 amide bonds. The number of hydrazone groups is 1. The SMILES string of the molecule is Cc1ccc(N/N=C2/CCCNC2=O)cc1Cl. The third-order valence-corrected chi connectivity index (χ3v) is 3.04. The van der Waals surface area contributed by atoms with Crippen LogP contribution in [0.25, 0.3) is 0 Å². The molecule has 2 rings (SSSR count). The summed E-state index contributed by atoms with van der Waals surface area (Å²) in [6.07, 6.45) is 1.64. The molecule has 0 spiro atoms. The first-order chi connectivity index (χ1) is 8.16. The number of aryl methyl sites for hydroxylation is 1. The molecule has 1 heterocycles. The Morgan fingerprint density at radius 2 is 2.29 bits per heavy atom. The van der Waals surface area contributed by atoms with Crippen LogP contribution in [0.4, 0.5) is 5.69 Å². The van der Waals surface area contributed by atoms with E-state index >= 15 is 0 Å². The minimum atomic E-state index is -0.0954. The van der Waals surface area contributed by atoms with E-state index < -0.39 is 0 Å². The van der Waals surface area contributed by atoms with Gasteiger partial charge < -0.3 is 5.32 Å². The molecule has 1 aliphatic heterocycles. The molecular formula is C12H14ClN3O. The minimum Gasteiger partial charge on any atom is -0.351 e. The van der Waals surface area contributed by atoms with Gasteiger partial charge in [0.15, 0.2) is 0 Å². The number of nitrogens with one attached hydrogen (secondary N) is 2. The Hall–Kier alpha value is -1.55. The highest BCUT2D eigenvalue weighted by Crippen LogP contribution is 2.20. The number of rotatable bonds is 2. The zero-order chi connectivity index (χ0) is 12.3. The van der Waals surface area contributed by atoms with Gasteiger partial charge in [-0.1, -0.05) is 17.7 Å². The molecule has 0 unspecified atom stereocenters. The first-order valence-electron chi connectivity index (χ1n) is 5.54. The summed E-state index contributed by atoms with van der Waals surface area (Å²) in [6.45, 7) is 2.67. The monoisotopic (exact) mass is 251 g/mol. The fourth-order valence-corrected chi connectivity index (χ4v) is 1.75. The van der Waals surface area contributed by atoms with Crippen LogP contribution in [-0.2, 0) is 4.79 Å². The highest BCUT2D eigenvalue weighted by molar-refractivity contribution is 6.39. The minimum absolute atomic E-state index is 0.0954. The van der Waals surface area contributed by atoms with E-state index in [0.717, 1.165) is 24.2 Å². The van der Waals surface area contributed by atoms with Crippen molar-refractivity contribution in [3.8, 4) is 0 Å². The van der Waals surface area contributed by atoms with Gasteiger partial charge in [0.05, 0.1) is 5.69 Å². The second kappa shape index (κ2) is 5.19. The van der Waals surface area contributed by atoms with E-state index in [0.29, 0.717) is 17.2 Å². The van der Waals surface area contributed by atoms with E-state index in [1.165, 1.54) is 0 Å². The standard InChI is InChI=1S/C12H14ClN3O/c1-8-4-5-9(7-10(8)13)15-16-11-3-2-6-14-12(11)17/h4-5,7,15H,2-3,6H2,1H3,(H,14,17)/b16-11-. The maximum Gasteiger partial charge on any atom is 0.267 e. The van der Waals surface area contributed by atoms with Crippen LogP contribution in [-0.4, -0.2) is 18.2 Å². The topological polar surface area (TPSA) is 53.5 Å². The van der Waals surface area contributed by atoms with Gasteiger partial charge in [0.25, 0.3) is 5.91 Å². The lowest BCUT2D eigenvalue weighted by atomic mass is 10.1. The first-order valence-corrected chi connectivity index (χ1v) is 5.91. The molecular weight excluding hydrogens is 238 g/mol. The van der Waals surface area contributed by atoms with Crippen molar-refractivity contribution < 1.29 is 4.79 Å². The summed E-state index contributed by atoms with van der Waals surface area (Å²) in [7, 11) is 0. The van der Waals surface area contributed by atoms with Crippen molar-refractivity contribution in [1.29, 1.82) is 0 Å². The van der Waals surface area contributed by atoms with Crippen molar-refractivity contribution in [3.05, 3.63) is 28.8 Å². The summed E-state index contributed by atoms with van der Waals surface area (Å²) in [5.74, 6) is -0.0954. The Morgan fingerprint density at radius 3 is 3.00 bits per heavy atom. The van der Waals surface area contributed by atoms with E-state index in [4.69, 9.17) is 11.6 Å². The van der Waals surface area contributed by atoms with E-state index in [-0.39, 0.29) is 5.91 Å². The third kappa shape index (κ3) is 2.97. The molecule has 0 atom stereocenters. The number of carbonyl (C=O) groups is 1. The van der Waals surface area contributed by atoms with E-state index in [1.807, 2.05) is 19.1 Å². The quantitative estimate of drug-likeness (QED) is 0.793. The third-order valence-electron chi connectivity index (χ3n) is 2.63. The maximum atomic E-state index is 11.4. The zero-order valence-electron chi connectivity index (χ0n) is 9.59. The van der Waals surface area contributed by atoms with Crippen molar-refractivity contribution in [2.75, 3.05) is 12.0 Å². The van der Waals surface area contributed by atoms with Gasteiger partial charge in [0, 0.05) is 11.6 Å². The molecule has 17 heavy (non-hydrogen) atoms. The molecule has 4 nitrogen and oxygen atoms in total. The Labute approximate surface area is 105 Å². The lowest BCUT2D eigenvalue weighted by Gasteiger charge is -2.13. The van der Waals surface area contributed by atoms with E-state index in [1.54, 1.807) is 6.07 Å². The molecule has 1 aromatic rings. The molecule has 5 heteroatoms. The van der Waals surface area contributed by atoms with Gasteiger partial charge in [0.2, 0.25) is 0 Å². The zero-order valence-corrected chi connectivity index (χ0v) is 10.3. The molecule has 0 bridgehead atoms. The second-order valence-electron chi connectivity index (χ2n) is 3.99. The molecule has 1 fully saturated rings. The van der Waals surface area contributed by atoms with Gasteiger partial charge in [-0.3, -0.25) is 10.2 Å². The maximum absolute atomic E-state index is 11.4. The number of anilines is 1. The predicted molar refractivity (Wildman–Crippen MR) is 69.5 cm³/mol. The Bertz CT molecular complexity index is 471. The number of halogens is 1. The number of hydrogen-bond acceptors (Lipinski definition) is 3. The molecule has 0 aromatic heterocycles. The van der Waals surface area contributed by atoms with Crippen molar-refractivity contribution in [2.45, 2.75) is 19.8 Å². The smallest absolute Gasteiger partial charge is 0.267 e. The fourth-order valence-electron chi connectivity index (χ4n) is 1.57. The van der Waals surface area contributed by atoms with Crippen LogP contribution in [0.2, 0.25) is 5.02 Å². The fraction of sp³-hybridized carbons (Fsp3) is 0.333. The van der Waals surface area contributed by atoms with Crippen LogP contribution in [0, 0.1) is 6.92 Å². The van der Waals surface area contributed by atoms with Crippen LogP contribution < -0.4 is 10.7 Å². The molecule has 0 radical (unpaired) electrons. The number of piperidine rings is 1. The number of hydrogen-bond donors (Lipinski definition) is 2. The summed E-state index contributed by atoms with van der Waals surface area (Å²) in [5, 5.41) is 7.54. The number of benzene rings is 1. The average Bonchev–Trinajstić information content (AvgIpc) is 2.32. The largest absolute Gasteiger partial charge is 0.351 e. The van der Waals surface area contributed by atoms with Crippen LogP contribution in [0.3, 0.4) is 0 Å². The highest BCUT2D eigenvalue weighted by atomic mass is 35.5. The van der Waals surface area contributed by atoms with Crippen LogP contribution in [0.1, 0.15) is 18.4 Å². The van der Waals surface area contributed by atoms with Crippen LogP contribution >= 0.6 is 11.6 Å². The summed E-state index contributed by atoms with van der Waals surface area (Å²) < 4.78 is 0. The number of carbonyl (C=O) groups excluding carboxylic acids is 1. The Balaban J connectivity index is 2.08. The summed E-state index contributed by atoms with van der Waals surface area (Å²) in [5.41, 5.74) is 5.19. The van der Waals surface area contributed by atoms with Gasteiger partial charge in [-0.2, -0.15) is 5.10 Å². The van der Waals surface area contributed by atoms with Crippen LogP contribution in [0.5, 0.6) is 0 Å². The lowest BCUT2D eigenvalue weighted by Crippen LogP contribution is -2.37. The molecule has 2 N–H and O–H groups in total.